The van der Waals surface area contributed by atoms with E-state index in [0.29, 0.717) is 12.4 Å². The van der Waals surface area contributed by atoms with Crippen LogP contribution in [0.1, 0.15) is 18.6 Å². The Kier molecular flexibility index (Phi) is 5.45. The van der Waals surface area contributed by atoms with Crippen LogP contribution in [0.2, 0.25) is 0 Å². The van der Waals surface area contributed by atoms with E-state index in [1.54, 1.807) is 12.2 Å². The highest BCUT2D eigenvalue weighted by molar-refractivity contribution is 6.18. The summed E-state index contributed by atoms with van der Waals surface area (Å²) < 4.78 is 10.0. The highest BCUT2D eigenvalue weighted by Crippen LogP contribution is 2.39. The number of carbonyl (C=O) groups is 1. The summed E-state index contributed by atoms with van der Waals surface area (Å²) in [4.78, 5) is 17.9. The van der Waals surface area contributed by atoms with Gasteiger partial charge in [-0.05, 0) is 17.7 Å². The zero-order valence-electron chi connectivity index (χ0n) is 12.4. The number of hydrogen-bond donors (Lipinski definition) is 0. The van der Waals surface area contributed by atoms with Crippen molar-refractivity contribution in [1.29, 1.82) is 0 Å². The summed E-state index contributed by atoms with van der Waals surface area (Å²) in [5, 5.41) is 1.62. The molecular weight excluding hydrogens is 294 g/mol. The second-order valence-electron chi connectivity index (χ2n) is 4.96. The van der Waals surface area contributed by atoms with Crippen LogP contribution in [0, 0.1) is 5.92 Å². The van der Waals surface area contributed by atoms with Gasteiger partial charge in [-0.2, -0.15) is 5.06 Å². The lowest BCUT2D eigenvalue weighted by Gasteiger charge is -2.20. The van der Waals surface area contributed by atoms with Crippen LogP contribution in [-0.2, 0) is 14.4 Å². The molecular formula is C15H20ClNO4. The number of methoxy groups -OCH3 is 2. The van der Waals surface area contributed by atoms with Crippen LogP contribution in [0.25, 0.3) is 0 Å². The highest BCUT2D eigenvalue weighted by atomic mass is 35.5. The molecule has 0 saturated carbocycles. The number of esters is 1. The van der Waals surface area contributed by atoms with Gasteiger partial charge in [-0.3, -0.25) is 9.63 Å². The fourth-order valence-electron chi connectivity index (χ4n) is 2.62. The number of halogens is 1. The number of nitrogens with zero attached hydrogens (tertiary/aromatic N) is 1. The van der Waals surface area contributed by atoms with Gasteiger partial charge in [0, 0.05) is 18.3 Å². The first-order chi connectivity index (χ1) is 10.1. The van der Waals surface area contributed by atoms with Crippen molar-refractivity contribution in [3.63, 3.8) is 0 Å². The standard InChI is InChI=1S/C15H20ClNO4/c1-10-13(15(18)20-3)17(9-8-16)21-14(10)11-4-6-12(19-2)7-5-11/h4-7,10,13-14H,8-9H2,1-3H3/t10-,13-,14-/m1/s1. The number of ether oxygens (including phenoxy) is 2. The summed E-state index contributed by atoms with van der Waals surface area (Å²) in [5.41, 5.74) is 0.995. The fraction of sp³-hybridized carbons (Fsp3) is 0.533. The molecule has 116 valence electrons. The van der Waals surface area contributed by atoms with Gasteiger partial charge in [-0.1, -0.05) is 19.1 Å². The van der Waals surface area contributed by atoms with Gasteiger partial charge in [0.15, 0.2) is 0 Å². The topological polar surface area (TPSA) is 48.0 Å². The van der Waals surface area contributed by atoms with Crippen molar-refractivity contribution in [3.8, 4) is 5.75 Å². The third-order valence-electron chi connectivity index (χ3n) is 3.73. The van der Waals surface area contributed by atoms with Gasteiger partial charge in [0.05, 0.1) is 14.2 Å². The minimum atomic E-state index is -0.444. The first kappa shape index (κ1) is 16.1. The smallest absolute Gasteiger partial charge is 0.325 e. The Morgan fingerprint density at radius 3 is 2.52 bits per heavy atom. The minimum Gasteiger partial charge on any atom is -0.497 e. The Labute approximate surface area is 129 Å². The van der Waals surface area contributed by atoms with Gasteiger partial charge in [-0.25, -0.2) is 0 Å². The first-order valence-electron chi connectivity index (χ1n) is 6.83. The molecule has 1 fully saturated rings. The monoisotopic (exact) mass is 313 g/mol. The summed E-state index contributed by atoms with van der Waals surface area (Å²) in [7, 11) is 3.01. The average Bonchev–Trinajstić information content (AvgIpc) is 2.83. The second-order valence-corrected chi connectivity index (χ2v) is 5.33. The lowest BCUT2D eigenvalue weighted by atomic mass is 9.92. The number of alkyl halides is 1. The van der Waals surface area contributed by atoms with E-state index < -0.39 is 6.04 Å². The van der Waals surface area contributed by atoms with E-state index in [2.05, 4.69) is 0 Å². The molecule has 0 aliphatic carbocycles. The number of hydroxylamine groups is 2. The molecule has 1 saturated heterocycles. The van der Waals surface area contributed by atoms with Crippen LogP contribution in [0.3, 0.4) is 0 Å². The third kappa shape index (κ3) is 3.31. The van der Waals surface area contributed by atoms with Crippen molar-refractivity contribution >= 4 is 17.6 Å². The lowest BCUT2D eigenvalue weighted by molar-refractivity contribution is -0.179. The zero-order valence-corrected chi connectivity index (χ0v) is 13.2. The molecule has 0 amide bonds. The Hall–Kier alpha value is -1.30. The summed E-state index contributed by atoms with van der Waals surface area (Å²) in [6, 6.07) is 7.20. The van der Waals surface area contributed by atoms with Crippen molar-refractivity contribution in [3.05, 3.63) is 29.8 Å². The first-order valence-corrected chi connectivity index (χ1v) is 7.37. The molecule has 0 N–H and O–H groups in total. The summed E-state index contributed by atoms with van der Waals surface area (Å²) >= 11 is 5.79. The van der Waals surface area contributed by atoms with Crippen molar-refractivity contribution in [2.24, 2.45) is 5.92 Å². The van der Waals surface area contributed by atoms with Crippen molar-refractivity contribution in [1.82, 2.24) is 5.06 Å². The summed E-state index contributed by atoms with van der Waals surface area (Å²) in [6.45, 7) is 2.45. The van der Waals surface area contributed by atoms with Crippen molar-refractivity contribution in [2.45, 2.75) is 19.1 Å². The van der Waals surface area contributed by atoms with Gasteiger partial charge >= 0.3 is 5.97 Å². The highest BCUT2D eigenvalue weighted by Gasteiger charge is 2.45. The summed E-state index contributed by atoms with van der Waals surface area (Å²) in [5.74, 6) is 0.833. The zero-order chi connectivity index (χ0) is 15.4. The van der Waals surface area contributed by atoms with E-state index in [4.69, 9.17) is 25.9 Å². The molecule has 0 radical (unpaired) electrons. The molecule has 3 atom stereocenters. The molecule has 6 heteroatoms. The number of benzene rings is 1. The molecule has 0 bridgehead atoms. The lowest BCUT2D eigenvalue weighted by Crippen LogP contribution is -2.40. The van der Waals surface area contributed by atoms with E-state index in [1.165, 1.54) is 7.11 Å². The molecule has 5 nitrogen and oxygen atoms in total. The molecule has 0 spiro atoms. The average molecular weight is 314 g/mol. The Morgan fingerprint density at radius 2 is 2.00 bits per heavy atom. The van der Waals surface area contributed by atoms with Gasteiger partial charge in [0.25, 0.3) is 0 Å². The van der Waals surface area contributed by atoms with Crippen LogP contribution in [-0.4, -0.2) is 43.7 Å². The number of rotatable bonds is 5. The van der Waals surface area contributed by atoms with E-state index in [1.807, 2.05) is 31.2 Å². The number of hydrogen-bond acceptors (Lipinski definition) is 5. The SMILES string of the molecule is COC(=O)[C@H]1[C@@H](C)[C@H](c2ccc(OC)cc2)ON1CCCl. The predicted molar refractivity (Wildman–Crippen MR) is 79.2 cm³/mol. The van der Waals surface area contributed by atoms with Gasteiger partial charge < -0.3 is 9.47 Å². The van der Waals surface area contributed by atoms with Gasteiger partial charge in [-0.15, -0.1) is 11.6 Å². The molecule has 0 aromatic heterocycles. The molecule has 21 heavy (non-hydrogen) atoms. The molecule has 2 rings (SSSR count). The van der Waals surface area contributed by atoms with E-state index >= 15 is 0 Å². The van der Waals surface area contributed by atoms with Crippen LogP contribution < -0.4 is 4.74 Å². The Balaban J connectivity index is 2.22. The maximum atomic E-state index is 12.0. The van der Waals surface area contributed by atoms with E-state index in [9.17, 15) is 4.79 Å². The molecule has 1 aliphatic rings. The van der Waals surface area contributed by atoms with Crippen LogP contribution >= 0.6 is 11.6 Å². The van der Waals surface area contributed by atoms with Gasteiger partial charge in [0.1, 0.15) is 17.9 Å². The molecule has 0 unspecified atom stereocenters. The second kappa shape index (κ2) is 7.11. The summed E-state index contributed by atoms with van der Waals surface area (Å²) in [6.07, 6.45) is -0.205. The Bertz CT molecular complexity index is 479. The van der Waals surface area contributed by atoms with Crippen molar-refractivity contribution in [2.75, 3.05) is 26.6 Å². The van der Waals surface area contributed by atoms with Crippen LogP contribution in [0.5, 0.6) is 5.75 Å². The van der Waals surface area contributed by atoms with E-state index in [-0.39, 0.29) is 18.0 Å². The van der Waals surface area contributed by atoms with E-state index in [0.717, 1.165) is 11.3 Å². The molecule has 1 aromatic carbocycles. The Morgan fingerprint density at radius 1 is 1.33 bits per heavy atom. The molecule has 1 aromatic rings. The third-order valence-corrected chi connectivity index (χ3v) is 3.90. The predicted octanol–water partition coefficient (Wildman–Crippen LogP) is 2.40. The quantitative estimate of drug-likeness (QED) is 0.617. The van der Waals surface area contributed by atoms with Crippen molar-refractivity contribution < 1.29 is 19.1 Å². The largest absolute Gasteiger partial charge is 0.497 e. The fourth-order valence-corrected chi connectivity index (χ4v) is 2.79. The molecule has 1 heterocycles. The number of carbonyl (C=O) groups excluding carboxylic acids is 1. The minimum absolute atomic E-state index is 0.0333. The van der Waals surface area contributed by atoms with Crippen LogP contribution in [0.15, 0.2) is 24.3 Å². The molecule has 1 aliphatic heterocycles. The normalized spacial score (nSPS) is 25.8. The van der Waals surface area contributed by atoms with Crippen LogP contribution in [0.4, 0.5) is 0 Å². The maximum Gasteiger partial charge on any atom is 0.325 e. The van der Waals surface area contributed by atoms with Gasteiger partial charge in [0.2, 0.25) is 0 Å². The maximum absolute atomic E-state index is 12.0.